The van der Waals surface area contributed by atoms with Crippen LogP contribution in [0.15, 0.2) is 47.6 Å². The highest BCUT2D eigenvalue weighted by Crippen LogP contribution is 2.09. The van der Waals surface area contributed by atoms with Crippen molar-refractivity contribution >= 4 is 15.9 Å². The van der Waals surface area contributed by atoms with Crippen molar-refractivity contribution in [3.8, 4) is 0 Å². The molecule has 1 aromatic carbocycles. The van der Waals surface area contributed by atoms with Crippen LogP contribution in [0.5, 0.6) is 0 Å². The summed E-state index contributed by atoms with van der Waals surface area (Å²) in [7, 11) is -3.74. The van der Waals surface area contributed by atoms with E-state index in [9.17, 15) is 17.6 Å². The number of pyridine rings is 1. The monoisotopic (exact) mass is 309 g/mol. The Bertz CT molecular complexity index is 760. The van der Waals surface area contributed by atoms with E-state index < -0.39 is 21.7 Å². The molecular formula is C13H12FN3O3S. The van der Waals surface area contributed by atoms with E-state index in [0.717, 1.165) is 12.3 Å². The van der Waals surface area contributed by atoms with Gasteiger partial charge in [0, 0.05) is 12.7 Å². The number of nitrogens with two attached hydrogens (primary N) is 1. The number of amides is 1. The average molecular weight is 309 g/mol. The van der Waals surface area contributed by atoms with Gasteiger partial charge in [0.1, 0.15) is 5.82 Å². The summed E-state index contributed by atoms with van der Waals surface area (Å²) in [5.74, 6) is -1.07. The van der Waals surface area contributed by atoms with Gasteiger partial charge in [-0.3, -0.25) is 9.78 Å². The van der Waals surface area contributed by atoms with E-state index in [1.54, 1.807) is 0 Å². The summed E-state index contributed by atoms with van der Waals surface area (Å²) in [6, 6.07) is 6.83. The van der Waals surface area contributed by atoms with Gasteiger partial charge in [-0.15, -0.1) is 0 Å². The Labute approximate surface area is 120 Å². The van der Waals surface area contributed by atoms with Crippen LogP contribution in [0.4, 0.5) is 4.39 Å². The van der Waals surface area contributed by atoms with E-state index >= 15 is 0 Å². The molecule has 0 radical (unpaired) electrons. The lowest BCUT2D eigenvalue weighted by atomic mass is 10.2. The van der Waals surface area contributed by atoms with Gasteiger partial charge in [0.2, 0.25) is 10.0 Å². The van der Waals surface area contributed by atoms with Crippen LogP contribution in [0.25, 0.3) is 0 Å². The van der Waals surface area contributed by atoms with Gasteiger partial charge in [0.05, 0.1) is 16.7 Å². The van der Waals surface area contributed by atoms with E-state index in [2.05, 4.69) is 10.3 Å². The minimum absolute atomic E-state index is 0.00749. The number of benzene rings is 1. The first-order valence-electron chi connectivity index (χ1n) is 5.87. The van der Waals surface area contributed by atoms with E-state index in [0.29, 0.717) is 5.56 Å². The molecule has 0 aliphatic heterocycles. The number of nitrogens with one attached hydrogen (secondary N) is 1. The van der Waals surface area contributed by atoms with Crippen molar-refractivity contribution in [2.45, 2.75) is 11.4 Å². The maximum Gasteiger partial charge on any atom is 0.253 e. The molecule has 0 fully saturated rings. The van der Waals surface area contributed by atoms with Crippen LogP contribution >= 0.6 is 0 Å². The highest BCUT2D eigenvalue weighted by Gasteiger charge is 2.09. The zero-order valence-electron chi connectivity index (χ0n) is 10.8. The van der Waals surface area contributed by atoms with Gasteiger partial charge in [0.25, 0.3) is 5.91 Å². The van der Waals surface area contributed by atoms with Crippen molar-refractivity contribution in [2.24, 2.45) is 5.14 Å². The quantitative estimate of drug-likeness (QED) is 0.872. The number of halogens is 1. The van der Waals surface area contributed by atoms with E-state index in [1.807, 2.05) is 0 Å². The second-order valence-corrected chi connectivity index (χ2v) is 5.82. The molecule has 110 valence electrons. The number of hydrogen-bond acceptors (Lipinski definition) is 4. The minimum Gasteiger partial charge on any atom is -0.348 e. The Morgan fingerprint density at radius 2 is 1.90 bits per heavy atom. The van der Waals surface area contributed by atoms with E-state index in [-0.39, 0.29) is 17.0 Å². The first-order valence-corrected chi connectivity index (χ1v) is 7.41. The number of carbonyl (C=O) groups is 1. The number of carbonyl (C=O) groups excluding carboxylic acids is 1. The fourth-order valence-electron chi connectivity index (χ4n) is 1.62. The van der Waals surface area contributed by atoms with Crippen LogP contribution in [0.1, 0.15) is 15.9 Å². The van der Waals surface area contributed by atoms with Crippen LogP contribution in [0.3, 0.4) is 0 Å². The van der Waals surface area contributed by atoms with Gasteiger partial charge in [-0.05, 0) is 23.8 Å². The van der Waals surface area contributed by atoms with Gasteiger partial charge < -0.3 is 5.32 Å². The molecule has 0 spiro atoms. The summed E-state index contributed by atoms with van der Waals surface area (Å²) >= 11 is 0. The average Bonchev–Trinajstić information content (AvgIpc) is 2.44. The van der Waals surface area contributed by atoms with Gasteiger partial charge in [0.15, 0.2) is 0 Å². The number of sulfonamides is 1. The number of rotatable bonds is 4. The smallest absolute Gasteiger partial charge is 0.253 e. The zero-order chi connectivity index (χ0) is 15.5. The lowest BCUT2D eigenvalue weighted by molar-refractivity contribution is 0.0950. The maximum atomic E-state index is 12.9. The van der Waals surface area contributed by atoms with Gasteiger partial charge in [-0.1, -0.05) is 12.1 Å². The third kappa shape index (κ3) is 4.07. The molecule has 1 heterocycles. The summed E-state index contributed by atoms with van der Waals surface area (Å²) < 4.78 is 35.1. The molecule has 2 aromatic rings. The first-order chi connectivity index (χ1) is 9.86. The molecule has 0 aliphatic carbocycles. The summed E-state index contributed by atoms with van der Waals surface area (Å²) in [5, 5.41) is 7.55. The third-order valence-corrected chi connectivity index (χ3v) is 3.60. The lowest BCUT2D eigenvalue weighted by Gasteiger charge is -2.06. The second-order valence-electron chi connectivity index (χ2n) is 4.26. The molecule has 0 bridgehead atoms. The summed E-state index contributed by atoms with van der Waals surface area (Å²) in [5.41, 5.74) is 0.788. The fraction of sp³-hybridized carbons (Fsp3) is 0.0769. The molecule has 1 amide bonds. The molecule has 3 N–H and O–H groups in total. The van der Waals surface area contributed by atoms with Crippen molar-refractivity contribution in [1.82, 2.24) is 10.3 Å². The maximum absolute atomic E-state index is 12.9. The van der Waals surface area contributed by atoms with E-state index in [4.69, 9.17) is 5.14 Å². The molecule has 0 saturated heterocycles. The second kappa shape index (κ2) is 5.98. The predicted octanol–water partition coefficient (Wildman–Crippen LogP) is 0.798. The van der Waals surface area contributed by atoms with Crippen molar-refractivity contribution in [2.75, 3.05) is 0 Å². The number of nitrogens with zero attached hydrogens (tertiary/aromatic N) is 1. The van der Waals surface area contributed by atoms with Crippen LogP contribution in [-0.4, -0.2) is 19.3 Å². The SMILES string of the molecule is NS(=O)(=O)c1ccc(CNC(=O)c2cncc(F)c2)cc1. The van der Waals surface area contributed by atoms with Gasteiger partial charge in [-0.2, -0.15) is 0 Å². The van der Waals surface area contributed by atoms with Crippen molar-refractivity contribution in [1.29, 1.82) is 0 Å². The minimum atomic E-state index is -3.74. The molecule has 0 saturated carbocycles. The molecular weight excluding hydrogens is 297 g/mol. The number of hydrogen-bond donors (Lipinski definition) is 2. The van der Waals surface area contributed by atoms with Crippen LogP contribution in [0, 0.1) is 5.82 Å². The van der Waals surface area contributed by atoms with Crippen molar-refractivity contribution in [3.63, 3.8) is 0 Å². The third-order valence-electron chi connectivity index (χ3n) is 2.67. The molecule has 8 heteroatoms. The molecule has 6 nitrogen and oxygen atoms in total. The normalized spacial score (nSPS) is 11.1. The standard InChI is InChI=1S/C13H12FN3O3S/c14-11-5-10(7-16-8-11)13(18)17-6-9-1-3-12(4-2-9)21(15,19)20/h1-5,7-8H,6H2,(H,17,18)(H2,15,19,20). The Morgan fingerprint density at radius 1 is 1.24 bits per heavy atom. The van der Waals surface area contributed by atoms with Gasteiger partial charge in [-0.25, -0.2) is 17.9 Å². The highest BCUT2D eigenvalue weighted by molar-refractivity contribution is 7.89. The molecule has 21 heavy (non-hydrogen) atoms. The van der Waals surface area contributed by atoms with Crippen LogP contribution in [-0.2, 0) is 16.6 Å². The number of primary sulfonamides is 1. The topological polar surface area (TPSA) is 102 Å². The lowest BCUT2D eigenvalue weighted by Crippen LogP contribution is -2.23. The van der Waals surface area contributed by atoms with Crippen LogP contribution in [0.2, 0.25) is 0 Å². The van der Waals surface area contributed by atoms with Crippen molar-refractivity contribution in [3.05, 3.63) is 59.7 Å². The molecule has 0 atom stereocenters. The first kappa shape index (κ1) is 15.1. The Balaban J connectivity index is 2.02. The zero-order valence-corrected chi connectivity index (χ0v) is 11.6. The van der Waals surface area contributed by atoms with E-state index in [1.165, 1.54) is 30.5 Å². The largest absolute Gasteiger partial charge is 0.348 e. The molecule has 0 unspecified atom stereocenters. The summed E-state index contributed by atoms with van der Waals surface area (Å²) in [6.07, 6.45) is 2.26. The fourth-order valence-corrected chi connectivity index (χ4v) is 2.13. The Morgan fingerprint density at radius 3 is 2.48 bits per heavy atom. The molecule has 2 rings (SSSR count). The van der Waals surface area contributed by atoms with Gasteiger partial charge >= 0.3 is 0 Å². The summed E-state index contributed by atoms with van der Waals surface area (Å²) in [4.78, 5) is 15.3. The predicted molar refractivity (Wildman–Crippen MR) is 73.2 cm³/mol. The molecule has 0 aliphatic rings. The number of aromatic nitrogens is 1. The highest BCUT2D eigenvalue weighted by atomic mass is 32.2. The molecule has 1 aromatic heterocycles. The Kier molecular flexibility index (Phi) is 4.29. The Hall–Kier alpha value is -2.32. The van der Waals surface area contributed by atoms with Crippen molar-refractivity contribution < 1.29 is 17.6 Å². The van der Waals surface area contributed by atoms with Crippen LogP contribution < -0.4 is 10.5 Å². The summed E-state index contributed by atoms with van der Waals surface area (Å²) in [6.45, 7) is 0.167.